The number of aromatic amines is 1. The Kier molecular flexibility index (Phi) is 2.96. The van der Waals surface area contributed by atoms with Crippen molar-refractivity contribution in [3.8, 4) is 11.3 Å². The van der Waals surface area contributed by atoms with Gasteiger partial charge in [-0.15, -0.1) is 11.3 Å². The maximum absolute atomic E-state index is 4.75. The minimum Gasteiger partial charge on any atom is -0.360 e. The van der Waals surface area contributed by atoms with Gasteiger partial charge in [0.25, 0.3) is 0 Å². The summed E-state index contributed by atoms with van der Waals surface area (Å²) in [5.74, 6) is 0. The van der Waals surface area contributed by atoms with E-state index >= 15 is 0 Å². The van der Waals surface area contributed by atoms with E-state index in [1.54, 1.807) is 11.3 Å². The van der Waals surface area contributed by atoms with E-state index in [1.807, 2.05) is 0 Å². The van der Waals surface area contributed by atoms with Crippen molar-refractivity contribution >= 4 is 27.4 Å². The first-order valence-electron chi connectivity index (χ1n) is 7.19. The van der Waals surface area contributed by atoms with Gasteiger partial charge in [-0.05, 0) is 18.9 Å². The molecule has 0 atom stereocenters. The highest BCUT2D eigenvalue weighted by Crippen LogP contribution is 2.32. The molecule has 102 valence electrons. The number of hydrogen-bond donors (Lipinski definition) is 2. The average molecular weight is 283 g/mol. The predicted octanol–water partition coefficient (Wildman–Crippen LogP) is 4.65. The summed E-state index contributed by atoms with van der Waals surface area (Å²) < 4.78 is 0. The topological polar surface area (TPSA) is 40.7 Å². The van der Waals surface area contributed by atoms with Crippen LogP contribution in [0, 0.1) is 0 Å². The zero-order chi connectivity index (χ0) is 13.4. The molecular formula is C16H17N3S. The molecule has 0 radical (unpaired) electrons. The molecule has 0 unspecified atom stereocenters. The Labute approximate surface area is 122 Å². The van der Waals surface area contributed by atoms with Crippen LogP contribution in [0.2, 0.25) is 0 Å². The number of rotatable bonds is 3. The zero-order valence-electron chi connectivity index (χ0n) is 11.2. The zero-order valence-corrected chi connectivity index (χ0v) is 12.0. The Morgan fingerprint density at radius 3 is 2.95 bits per heavy atom. The highest BCUT2D eigenvalue weighted by molar-refractivity contribution is 7.14. The number of para-hydroxylation sites is 1. The summed E-state index contributed by atoms with van der Waals surface area (Å²) in [4.78, 5) is 8.07. The molecule has 4 rings (SSSR count). The van der Waals surface area contributed by atoms with Crippen molar-refractivity contribution in [3.05, 3.63) is 35.8 Å². The monoisotopic (exact) mass is 283 g/mol. The molecule has 0 amide bonds. The minimum absolute atomic E-state index is 0.622. The van der Waals surface area contributed by atoms with Crippen LogP contribution in [0.4, 0.5) is 5.13 Å². The second-order valence-electron chi connectivity index (χ2n) is 5.41. The number of H-pyrrole nitrogens is 1. The second-order valence-corrected chi connectivity index (χ2v) is 6.27. The first kappa shape index (κ1) is 12.0. The van der Waals surface area contributed by atoms with Gasteiger partial charge in [-0.2, -0.15) is 0 Å². The van der Waals surface area contributed by atoms with Crippen molar-refractivity contribution in [2.45, 2.75) is 31.7 Å². The summed E-state index contributed by atoms with van der Waals surface area (Å²) in [6.07, 6.45) is 7.31. The molecule has 1 saturated carbocycles. The van der Waals surface area contributed by atoms with Gasteiger partial charge in [-0.3, -0.25) is 0 Å². The predicted molar refractivity (Wildman–Crippen MR) is 85.3 cm³/mol. The van der Waals surface area contributed by atoms with Gasteiger partial charge >= 0.3 is 0 Å². The van der Waals surface area contributed by atoms with E-state index in [-0.39, 0.29) is 0 Å². The van der Waals surface area contributed by atoms with Crippen LogP contribution in [0.25, 0.3) is 22.2 Å². The van der Waals surface area contributed by atoms with Crippen molar-refractivity contribution in [2.75, 3.05) is 5.32 Å². The summed E-state index contributed by atoms with van der Waals surface area (Å²) >= 11 is 1.71. The molecular weight excluding hydrogens is 266 g/mol. The van der Waals surface area contributed by atoms with E-state index < -0.39 is 0 Å². The number of anilines is 1. The molecule has 20 heavy (non-hydrogen) atoms. The fourth-order valence-corrected chi connectivity index (χ4v) is 3.78. The molecule has 0 bridgehead atoms. The molecule has 2 N–H and O–H groups in total. The summed E-state index contributed by atoms with van der Waals surface area (Å²) in [6.45, 7) is 0. The molecule has 2 aromatic heterocycles. The minimum atomic E-state index is 0.622. The molecule has 1 aliphatic rings. The maximum Gasteiger partial charge on any atom is 0.183 e. The number of fused-ring (bicyclic) bond motifs is 1. The molecule has 3 aromatic rings. The van der Waals surface area contributed by atoms with Gasteiger partial charge in [0.1, 0.15) is 0 Å². The lowest BCUT2D eigenvalue weighted by atomic mass is 10.1. The fraction of sp³-hybridized carbons (Fsp3) is 0.312. The Hall–Kier alpha value is -1.81. The van der Waals surface area contributed by atoms with Crippen molar-refractivity contribution in [1.29, 1.82) is 0 Å². The third kappa shape index (κ3) is 2.10. The second kappa shape index (κ2) is 4.94. The Balaban J connectivity index is 1.64. The first-order chi connectivity index (χ1) is 9.90. The summed E-state index contributed by atoms with van der Waals surface area (Å²) in [7, 11) is 0. The number of hydrogen-bond acceptors (Lipinski definition) is 3. The van der Waals surface area contributed by atoms with E-state index in [9.17, 15) is 0 Å². The highest BCUT2D eigenvalue weighted by atomic mass is 32.1. The van der Waals surface area contributed by atoms with Crippen molar-refractivity contribution in [3.63, 3.8) is 0 Å². The van der Waals surface area contributed by atoms with Crippen LogP contribution in [-0.2, 0) is 0 Å². The van der Waals surface area contributed by atoms with Gasteiger partial charge in [0.05, 0.1) is 5.69 Å². The van der Waals surface area contributed by atoms with Crippen LogP contribution < -0.4 is 5.32 Å². The van der Waals surface area contributed by atoms with Gasteiger partial charge in [0, 0.05) is 34.1 Å². The van der Waals surface area contributed by atoms with Gasteiger partial charge < -0.3 is 10.3 Å². The number of thiazole rings is 1. The van der Waals surface area contributed by atoms with Crippen LogP contribution >= 0.6 is 11.3 Å². The van der Waals surface area contributed by atoms with Crippen molar-refractivity contribution in [2.24, 2.45) is 0 Å². The van der Waals surface area contributed by atoms with Crippen LogP contribution in [0.1, 0.15) is 25.7 Å². The lowest BCUT2D eigenvalue weighted by molar-refractivity contribution is 0.754. The quantitative estimate of drug-likeness (QED) is 0.734. The van der Waals surface area contributed by atoms with Crippen molar-refractivity contribution < 1.29 is 0 Å². The molecule has 1 aliphatic carbocycles. The van der Waals surface area contributed by atoms with Gasteiger partial charge in [0.15, 0.2) is 5.13 Å². The summed E-state index contributed by atoms with van der Waals surface area (Å²) in [6, 6.07) is 8.99. The molecule has 2 heterocycles. The molecule has 3 nitrogen and oxygen atoms in total. The number of benzene rings is 1. The molecule has 0 saturated heterocycles. The Bertz CT molecular complexity index is 722. The van der Waals surface area contributed by atoms with Crippen LogP contribution in [0.3, 0.4) is 0 Å². The highest BCUT2D eigenvalue weighted by Gasteiger charge is 2.16. The lowest BCUT2D eigenvalue weighted by Gasteiger charge is -2.09. The van der Waals surface area contributed by atoms with Gasteiger partial charge in [-0.1, -0.05) is 31.0 Å². The van der Waals surface area contributed by atoms with Crippen molar-refractivity contribution in [1.82, 2.24) is 9.97 Å². The first-order valence-corrected chi connectivity index (χ1v) is 8.07. The average Bonchev–Trinajstić information content (AvgIpc) is 3.18. The van der Waals surface area contributed by atoms with E-state index in [0.29, 0.717) is 6.04 Å². The maximum atomic E-state index is 4.75. The third-order valence-electron chi connectivity index (χ3n) is 4.05. The SMILES string of the molecule is c1ccc2c(-c3csc(NC4CCCC4)n3)c[nH]c2c1. The molecule has 0 aliphatic heterocycles. The van der Waals surface area contributed by atoms with E-state index in [2.05, 4.69) is 46.1 Å². The van der Waals surface area contributed by atoms with Gasteiger partial charge in [-0.25, -0.2) is 4.98 Å². The van der Waals surface area contributed by atoms with Crippen LogP contribution in [0.15, 0.2) is 35.8 Å². The largest absolute Gasteiger partial charge is 0.360 e. The summed E-state index contributed by atoms with van der Waals surface area (Å²) in [5.41, 5.74) is 3.42. The molecule has 4 heteroatoms. The van der Waals surface area contributed by atoms with Gasteiger partial charge in [0.2, 0.25) is 0 Å². The van der Waals surface area contributed by atoms with Crippen LogP contribution in [0.5, 0.6) is 0 Å². The Morgan fingerprint density at radius 1 is 1.20 bits per heavy atom. The smallest absolute Gasteiger partial charge is 0.183 e. The summed E-state index contributed by atoms with van der Waals surface area (Å²) in [5, 5.41) is 8.01. The van der Waals surface area contributed by atoms with E-state index in [1.165, 1.54) is 42.1 Å². The number of nitrogens with zero attached hydrogens (tertiary/aromatic N) is 1. The standard InChI is InChI=1S/C16H17N3S/c1-2-6-11(5-1)18-16-19-15(10-20-16)13-9-17-14-8-4-3-7-12(13)14/h3-4,7-11,17H,1-2,5-6H2,(H,18,19). The normalized spacial score (nSPS) is 16.0. The lowest BCUT2D eigenvalue weighted by Crippen LogP contribution is -2.13. The van der Waals surface area contributed by atoms with E-state index in [4.69, 9.17) is 4.98 Å². The number of aromatic nitrogens is 2. The van der Waals surface area contributed by atoms with E-state index in [0.717, 1.165) is 10.8 Å². The number of nitrogens with one attached hydrogen (secondary N) is 2. The van der Waals surface area contributed by atoms with Crippen LogP contribution in [-0.4, -0.2) is 16.0 Å². The molecule has 0 spiro atoms. The molecule has 1 fully saturated rings. The molecule has 1 aromatic carbocycles. The third-order valence-corrected chi connectivity index (χ3v) is 4.83. The fourth-order valence-electron chi connectivity index (χ4n) is 2.99. The Morgan fingerprint density at radius 2 is 2.05 bits per heavy atom.